The van der Waals surface area contributed by atoms with Crippen molar-refractivity contribution in [3.05, 3.63) is 22.4 Å². The second-order valence-electron chi connectivity index (χ2n) is 3.97. The molecule has 0 spiro atoms. The van der Waals surface area contributed by atoms with Crippen LogP contribution in [0.3, 0.4) is 0 Å². The van der Waals surface area contributed by atoms with Crippen LogP contribution in [0.2, 0.25) is 0 Å². The maximum atomic E-state index is 11.7. The number of Topliss-reactive ketones (excluding diaryl/α,β-unsaturated/α-hetero) is 1. The first-order chi connectivity index (χ1) is 7.86. The Bertz CT molecular complexity index is 318. The van der Waals surface area contributed by atoms with E-state index in [2.05, 4.69) is 5.32 Å². The van der Waals surface area contributed by atoms with Crippen molar-refractivity contribution in [2.75, 3.05) is 19.7 Å². The number of carbonyl (C=O) groups is 1. The molecule has 0 aliphatic carbocycles. The second-order valence-corrected chi connectivity index (χ2v) is 4.92. The van der Waals surface area contributed by atoms with E-state index in [4.69, 9.17) is 4.74 Å². The Morgan fingerprint density at radius 2 is 2.31 bits per heavy atom. The Labute approximate surface area is 99.8 Å². The van der Waals surface area contributed by atoms with Crippen molar-refractivity contribution in [2.45, 2.75) is 25.4 Å². The fourth-order valence-corrected chi connectivity index (χ4v) is 2.54. The molecule has 0 unspecified atom stereocenters. The molecule has 0 bridgehead atoms. The average molecular weight is 239 g/mol. The van der Waals surface area contributed by atoms with Crippen LogP contribution in [-0.2, 0) is 4.74 Å². The molecule has 1 aromatic heterocycles. The van der Waals surface area contributed by atoms with Crippen LogP contribution in [0.5, 0.6) is 0 Å². The Hall–Kier alpha value is -0.710. The van der Waals surface area contributed by atoms with Crippen molar-refractivity contribution >= 4 is 17.1 Å². The van der Waals surface area contributed by atoms with Gasteiger partial charge in [-0.05, 0) is 37.4 Å². The Balaban J connectivity index is 1.66. The van der Waals surface area contributed by atoms with Gasteiger partial charge in [-0.15, -0.1) is 11.3 Å². The highest BCUT2D eigenvalue weighted by atomic mass is 32.1. The lowest BCUT2D eigenvalue weighted by Gasteiger charge is -2.22. The molecule has 4 heteroatoms. The minimum Gasteiger partial charge on any atom is -0.378 e. The predicted octanol–water partition coefficient (Wildman–Crippen LogP) is 2.09. The highest BCUT2D eigenvalue weighted by molar-refractivity contribution is 7.12. The first-order valence-corrected chi connectivity index (χ1v) is 6.63. The molecule has 0 amide bonds. The molecule has 2 heterocycles. The molecule has 0 radical (unpaired) electrons. The molecular formula is C12H17NO2S. The molecule has 16 heavy (non-hydrogen) atoms. The summed E-state index contributed by atoms with van der Waals surface area (Å²) in [5.41, 5.74) is 0. The zero-order chi connectivity index (χ0) is 11.2. The Kier molecular flexibility index (Phi) is 4.51. The van der Waals surface area contributed by atoms with Crippen LogP contribution < -0.4 is 5.32 Å². The monoisotopic (exact) mass is 239 g/mol. The largest absolute Gasteiger partial charge is 0.378 e. The second kappa shape index (κ2) is 6.13. The van der Waals surface area contributed by atoms with Gasteiger partial charge in [0.15, 0.2) is 5.78 Å². The first-order valence-electron chi connectivity index (χ1n) is 5.75. The van der Waals surface area contributed by atoms with Crippen molar-refractivity contribution in [3.8, 4) is 0 Å². The Morgan fingerprint density at radius 3 is 3.00 bits per heavy atom. The van der Waals surface area contributed by atoms with Gasteiger partial charge in [0.25, 0.3) is 0 Å². The van der Waals surface area contributed by atoms with Gasteiger partial charge in [0.2, 0.25) is 0 Å². The van der Waals surface area contributed by atoms with Crippen LogP contribution in [-0.4, -0.2) is 31.6 Å². The maximum Gasteiger partial charge on any atom is 0.175 e. The number of carbonyl (C=O) groups excluding carboxylic acids is 1. The highest BCUT2D eigenvalue weighted by Gasteiger charge is 2.14. The molecule has 2 rings (SSSR count). The van der Waals surface area contributed by atoms with Crippen molar-refractivity contribution in [2.24, 2.45) is 0 Å². The summed E-state index contributed by atoms with van der Waals surface area (Å²) in [6, 6.07) is 3.78. The van der Waals surface area contributed by atoms with Gasteiger partial charge in [-0.25, -0.2) is 0 Å². The fraction of sp³-hybridized carbons (Fsp3) is 0.583. The zero-order valence-electron chi connectivity index (χ0n) is 9.28. The number of piperidine rings is 1. The van der Waals surface area contributed by atoms with Crippen molar-refractivity contribution in [1.82, 2.24) is 5.32 Å². The number of ether oxygens (including phenoxy) is 1. The van der Waals surface area contributed by atoms with Gasteiger partial charge in [-0.3, -0.25) is 4.79 Å². The minimum atomic E-state index is 0.198. The van der Waals surface area contributed by atoms with Gasteiger partial charge < -0.3 is 10.1 Å². The third-order valence-electron chi connectivity index (χ3n) is 2.76. The van der Waals surface area contributed by atoms with E-state index in [1.54, 1.807) is 0 Å². The van der Waals surface area contributed by atoms with E-state index in [0.29, 0.717) is 19.1 Å². The molecule has 1 aromatic rings. The molecule has 0 saturated carbocycles. The van der Waals surface area contributed by atoms with E-state index < -0.39 is 0 Å². The molecule has 1 N–H and O–H groups in total. The lowest BCUT2D eigenvalue weighted by Crippen LogP contribution is -2.32. The predicted molar refractivity (Wildman–Crippen MR) is 65.1 cm³/mol. The third-order valence-corrected chi connectivity index (χ3v) is 3.68. The number of ketones is 1. The normalized spacial score (nSPS) is 17.5. The summed E-state index contributed by atoms with van der Waals surface area (Å²) in [6.45, 7) is 2.62. The van der Waals surface area contributed by atoms with E-state index >= 15 is 0 Å². The summed E-state index contributed by atoms with van der Waals surface area (Å²) in [7, 11) is 0. The van der Waals surface area contributed by atoms with E-state index in [1.165, 1.54) is 11.3 Å². The molecule has 1 fully saturated rings. The number of nitrogens with one attached hydrogen (secondary N) is 1. The zero-order valence-corrected chi connectivity index (χ0v) is 10.1. The third kappa shape index (κ3) is 3.40. The molecule has 0 atom stereocenters. The molecular weight excluding hydrogens is 222 g/mol. The van der Waals surface area contributed by atoms with Crippen LogP contribution in [0.4, 0.5) is 0 Å². The summed E-state index contributed by atoms with van der Waals surface area (Å²) in [4.78, 5) is 12.5. The molecule has 3 nitrogen and oxygen atoms in total. The maximum absolute atomic E-state index is 11.7. The molecule has 1 aliphatic rings. The van der Waals surface area contributed by atoms with Crippen LogP contribution in [0.1, 0.15) is 28.9 Å². The summed E-state index contributed by atoms with van der Waals surface area (Å²) < 4.78 is 5.70. The van der Waals surface area contributed by atoms with E-state index in [-0.39, 0.29) is 5.78 Å². The minimum absolute atomic E-state index is 0.198. The lowest BCUT2D eigenvalue weighted by molar-refractivity contribution is 0.0314. The van der Waals surface area contributed by atoms with Crippen LogP contribution in [0.25, 0.3) is 0 Å². The first kappa shape index (κ1) is 11.8. The summed E-state index contributed by atoms with van der Waals surface area (Å²) >= 11 is 1.50. The van der Waals surface area contributed by atoms with Crippen LogP contribution >= 0.6 is 11.3 Å². The number of rotatable bonds is 5. The Morgan fingerprint density at radius 1 is 1.50 bits per heavy atom. The van der Waals surface area contributed by atoms with Gasteiger partial charge in [-0.1, -0.05) is 6.07 Å². The van der Waals surface area contributed by atoms with Gasteiger partial charge in [-0.2, -0.15) is 0 Å². The number of thiophene rings is 1. The number of hydrogen-bond donors (Lipinski definition) is 1. The van der Waals surface area contributed by atoms with E-state index in [0.717, 1.165) is 30.8 Å². The van der Waals surface area contributed by atoms with Crippen LogP contribution in [0, 0.1) is 0 Å². The lowest BCUT2D eigenvalue weighted by atomic mass is 10.1. The highest BCUT2D eigenvalue weighted by Crippen LogP contribution is 2.12. The molecule has 88 valence electrons. The van der Waals surface area contributed by atoms with Crippen molar-refractivity contribution < 1.29 is 9.53 Å². The smallest absolute Gasteiger partial charge is 0.175 e. The standard InChI is InChI=1S/C12H17NO2S/c14-11(12-2-1-9-16-12)5-8-15-10-3-6-13-7-4-10/h1-2,9-10,13H,3-8H2. The molecule has 1 aliphatic heterocycles. The van der Waals surface area contributed by atoms with E-state index in [1.807, 2.05) is 17.5 Å². The topological polar surface area (TPSA) is 38.3 Å². The quantitative estimate of drug-likeness (QED) is 0.800. The average Bonchev–Trinajstić information content (AvgIpc) is 2.84. The fourth-order valence-electron chi connectivity index (χ4n) is 1.84. The van der Waals surface area contributed by atoms with Gasteiger partial charge in [0.1, 0.15) is 0 Å². The number of hydrogen-bond acceptors (Lipinski definition) is 4. The van der Waals surface area contributed by atoms with Crippen molar-refractivity contribution in [3.63, 3.8) is 0 Å². The van der Waals surface area contributed by atoms with Gasteiger partial charge in [0.05, 0.1) is 17.6 Å². The van der Waals surface area contributed by atoms with Gasteiger partial charge >= 0.3 is 0 Å². The van der Waals surface area contributed by atoms with E-state index in [9.17, 15) is 4.79 Å². The summed E-state index contributed by atoms with van der Waals surface area (Å²) in [6.07, 6.45) is 2.97. The van der Waals surface area contributed by atoms with Gasteiger partial charge in [0, 0.05) is 6.42 Å². The van der Waals surface area contributed by atoms with Crippen molar-refractivity contribution in [1.29, 1.82) is 0 Å². The van der Waals surface area contributed by atoms with Crippen LogP contribution in [0.15, 0.2) is 17.5 Å². The molecule has 0 aromatic carbocycles. The SMILES string of the molecule is O=C(CCOC1CCNCC1)c1cccs1. The molecule has 1 saturated heterocycles. The summed E-state index contributed by atoms with van der Waals surface area (Å²) in [5.74, 6) is 0.198. The summed E-state index contributed by atoms with van der Waals surface area (Å²) in [5, 5.41) is 5.22.